The first-order valence-electron chi connectivity index (χ1n) is 6.01. The maximum Gasteiger partial charge on any atom is 0.307 e. The topological polar surface area (TPSA) is 57.6 Å². The van der Waals surface area contributed by atoms with Gasteiger partial charge in [-0.25, -0.2) is 0 Å². The fourth-order valence-electron chi connectivity index (χ4n) is 1.93. The average molecular weight is 259 g/mol. The zero-order valence-corrected chi connectivity index (χ0v) is 11.7. The van der Waals surface area contributed by atoms with Crippen LogP contribution < -0.4 is 0 Å². The van der Waals surface area contributed by atoms with Crippen molar-refractivity contribution in [2.24, 2.45) is 11.8 Å². The molecule has 1 rings (SSSR count). The number of carboxylic acid groups (broad SMARTS) is 1. The van der Waals surface area contributed by atoms with E-state index in [1.54, 1.807) is 13.8 Å². The van der Waals surface area contributed by atoms with Crippen LogP contribution in [0.15, 0.2) is 0 Å². The van der Waals surface area contributed by atoms with Crippen LogP contribution >= 0.6 is 11.8 Å². The number of aliphatic carboxylic acids is 1. The Hall–Kier alpha value is -0.710. The third kappa shape index (κ3) is 3.15. The molecule has 0 bridgehead atoms. The summed E-state index contributed by atoms with van der Waals surface area (Å²) in [6.07, 6.45) is 0. The van der Waals surface area contributed by atoms with Gasteiger partial charge in [0.25, 0.3) is 0 Å². The second kappa shape index (κ2) is 5.76. The van der Waals surface area contributed by atoms with Crippen LogP contribution in [-0.2, 0) is 9.59 Å². The lowest BCUT2D eigenvalue weighted by atomic mass is 9.94. The zero-order valence-electron chi connectivity index (χ0n) is 10.8. The Morgan fingerprint density at radius 3 is 2.41 bits per heavy atom. The van der Waals surface area contributed by atoms with Crippen LogP contribution in [0.2, 0.25) is 0 Å². The van der Waals surface area contributed by atoms with Crippen LogP contribution in [0.4, 0.5) is 0 Å². The minimum atomic E-state index is -0.905. The third-order valence-corrected chi connectivity index (χ3v) is 5.03. The molecule has 0 aromatic rings. The summed E-state index contributed by atoms with van der Waals surface area (Å²) in [4.78, 5) is 25.0. The molecule has 0 spiro atoms. The minimum absolute atomic E-state index is 0.0282. The van der Waals surface area contributed by atoms with Gasteiger partial charge < -0.3 is 10.0 Å². The van der Waals surface area contributed by atoms with E-state index in [-0.39, 0.29) is 11.9 Å². The van der Waals surface area contributed by atoms with Gasteiger partial charge in [0.15, 0.2) is 0 Å². The highest BCUT2D eigenvalue weighted by atomic mass is 32.2. The van der Waals surface area contributed by atoms with Crippen LogP contribution in [0.5, 0.6) is 0 Å². The van der Waals surface area contributed by atoms with E-state index in [0.717, 1.165) is 12.3 Å². The molecule has 0 radical (unpaired) electrons. The Balaban J connectivity index is 2.71. The summed E-state index contributed by atoms with van der Waals surface area (Å²) in [7, 11) is 0. The number of amides is 1. The molecule has 0 aromatic heterocycles. The van der Waals surface area contributed by atoms with Gasteiger partial charge in [-0.1, -0.05) is 20.8 Å². The minimum Gasteiger partial charge on any atom is -0.481 e. The molecule has 0 aliphatic carbocycles. The number of rotatable bonds is 3. The van der Waals surface area contributed by atoms with Gasteiger partial charge in [0.05, 0.1) is 5.92 Å². The second-order valence-electron chi connectivity index (χ2n) is 4.76. The maximum absolute atomic E-state index is 12.3. The van der Waals surface area contributed by atoms with Crippen LogP contribution in [0.1, 0.15) is 27.7 Å². The summed E-state index contributed by atoms with van der Waals surface area (Å²) in [6.45, 7) is 8.18. The van der Waals surface area contributed by atoms with Crippen LogP contribution in [0, 0.1) is 11.8 Å². The third-order valence-electron chi connectivity index (χ3n) is 3.70. The van der Waals surface area contributed by atoms with E-state index in [1.807, 2.05) is 23.6 Å². The lowest BCUT2D eigenvalue weighted by Crippen LogP contribution is -2.51. The van der Waals surface area contributed by atoms with Crippen molar-refractivity contribution in [3.63, 3.8) is 0 Å². The van der Waals surface area contributed by atoms with E-state index in [0.29, 0.717) is 5.25 Å². The van der Waals surface area contributed by atoms with Gasteiger partial charge in [-0.3, -0.25) is 9.59 Å². The first kappa shape index (κ1) is 14.4. The van der Waals surface area contributed by atoms with Crippen molar-refractivity contribution < 1.29 is 14.7 Å². The molecule has 0 aromatic carbocycles. The Bertz CT molecular complexity index is 308. The summed E-state index contributed by atoms with van der Waals surface area (Å²) in [5, 5.41) is 9.36. The predicted molar refractivity (Wildman–Crippen MR) is 69.1 cm³/mol. The summed E-state index contributed by atoms with van der Waals surface area (Å²) < 4.78 is 0. The number of carboxylic acids is 1. The number of carbonyl (C=O) groups excluding carboxylic acids is 1. The second-order valence-corrected chi connectivity index (χ2v) is 6.25. The molecule has 4 atom stereocenters. The Kier molecular flexibility index (Phi) is 4.86. The van der Waals surface area contributed by atoms with Crippen molar-refractivity contribution in [3.8, 4) is 0 Å². The van der Waals surface area contributed by atoms with Crippen molar-refractivity contribution >= 4 is 23.6 Å². The monoisotopic (exact) mass is 259 g/mol. The first-order chi connectivity index (χ1) is 7.86. The standard InChI is InChI=1S/C12H21NO3S/c1-7(8(2)12(15)16)11(14)13-5-6-17-10(4)9(13)3/h7-10H,5-6H2,1-4H3,(H,15,16). The fourth-order valence-corrected chi connectivity index (χ4v) is 3.03. The normalized spacial score (nSPS) is 28.6. The number of hydrogen-bond acceptors (Lipinski definition) is 3. The van der Waals surface area contributed by atoms with Crippen LogP contribution in [0.25, 0.3) is 0 Å². The van der Waals surface area contributed by atoms with E-state index in [9.17, 15) is 9.59 Å². The van der Waals surface area contributed by atoms with E-state index in [4.69, 9.17) is 5.11 Å². The van der Waals surface area contributed by atoms with E-state index < -0.39 is 17.8 Å². The Labute approximate surface area is 107 Å². The van der Waals surface area contributed by atoms with Crippen LogP contribution in [0.3, 0.4) is 0 Å². The molecule has 1 heterocycles. The van der Waals surface area contributed by atoms with Crippen molar-refractivity contribution in [2.45, 2.75) is 39.0 Å². The van der Waals surface area contributed by atoms with Crippen molar-refractivity contribution in [2.75, 3.05) is 12.3 Å². The molecule has 17 heavy (non-hydrogen) atoms. The molecule has 1 fully saturated rings. The van der Waals surface area contributed by atoms with Crippen molar-refractivity contribution in [1.29, 1.82) is 0 Å². The molecule has 4 nitrogen and oxygen atoms in total. The lowest BCUT2D eigenvalue weighted by Gasteiger charge is -2.39. The highest BCUT2D eigenvalue weighted by molar-refractivity contribution is 8.00. The molecule has 1 aliphatic heterocycles. The summed E-state index contributed by atoms with van der Waals surface area (Å²) >= 11 is 1.86. The van der Waals surface area contributed by atoms with Gasteiger partial charge in [0.2, 0.25) is 5.91 Å². The average Bonchev–Trinajstić information content (AvgIpc) is 2.29. The molecule has 1 aliphatic rings. The Morgan fingerprint density at radius 2 is 1.88 bits per heavy atom. The highest BCUT2D eigenvalue weighted by Crippen LogP contribution is 2.26. The van der Waals surface area contributed by atoms with Gasteiger partial charge >= 0.3 is 5.97 Å². The van der Waals surface area contributed by atoms with Crippen molar-refractivity contribution in [1.82, 2.24) is 4.90 Å². The van der Waals surface area contributed by atoms with Crippen molar-refractivity contribution in [3.05, 3.63) is 0 Å². The molecule has 98 valence electrons. The zero-order chi connectivity index (χ0) is 13.2. The molecule has 4 unspecified atom stereocenters. The molecule has 5 heteroatoms. The molecular weight excluding hydrogens is 238 g/mol. The largest absolute Gasteiger partial charge is 0.481 e. The predicted octanol–water partition coefficient (Wildman–Crippen LogP) is 1.70. The first-order valence-corrected chi connectivity index (χ1v) is 7.06. The molecule has 0 saturated carbocycles. The quantitative estimate of drug-likeness (QED) is 0.838. The number of thioether (sulfide) groups is 1. The highest BCUT2D eigenvalue weighted by Gasteiger charge is 2.34. The molecular formula is C12H21NO3S. The summed E-state index contributed by atoms with van der Waals surface area (Å²) in [5.74, 6) is -1.08. The molecule has 1 amide bonds. The SMILES string of the molecule is CC1SCCN(C(=O)C(C)C(C)C(=O)O)C1C. The van der Waals surface area contributed by atoms with E-state index in [2.05, 4.69) is 6.92 Å². The van der Waals surface area contributed by atoms with E-state index >= 15 is 0 Å². The number of nitrogens with zero attached hydrogens (tertiary/aromatic N) is 1. The molecule has 1 saturated heterocycles. The maximum atomic E-state index is 12.3. The van der Waals surface area contributed by atoms with Gasteiger partial charge in [-0.15, -0.1) is 0 Å². The van der Waals surface area contributed by atoms with Crippen LogP contribution in [-0.4, -0.2) is 45.5 Å². The van der Waals surface area contributed by atoms with Gasteiger partial charge in [0, 0.05) is 29.5 Å². The Morgan fingerprint density at radius 1 is 1.29 bits per heavy atom. The van der Waals surface area contributed by atoms with Gasteiger partial charge in [-0.05, 0) is 6.92 Å². The molecule has 1 N–H and O–H groups in total. The summed E-state index contributed by atoms with van der Waals surface area (Å²) in [6, 6.07) is 0.185. The van der Waals surface area contributed by atoms with Gasteiger partial charge in [0.1, 0.15) is 0 Å². The fraction of sp³-hybridized carbons (Fsp3) is 0.833. The van der Waals surface area contributed by atoms with E-state index in [1.165, 1.54) is 0 Å². The smallest absolute Gasteiger partial charge is 0.307 e. The van der Waals surface area contributed by atoms with Gasteiger partial charge in [-0.2, -0.15) is 11.8 Å². The number of carbonyl (C=O) groups is 2. The lowest BCUT2D eigenvalue weighted by molar-refractivity contribution is -0.149. The summed E-state index contributed by atoms with van der Waals surface area (Å²) in [5.41, 5.74) is 0. The number of hydrogen-bond donors (Lipinski definition) is 1.